The minimum absolute atomic E-state index is 0.442. The molecule has 5 heteroatoms. The van der Waals surface area contributed by atoms with Gasteiger partial charge >= 0.3 is 0 Å². The van der Waals surface area contributed by atoms with Crippen LogP contribution in [0.2, 0.25) is 0 Å². The predicted molar refractivity (Wildman–Crippen MR) is 96.1 cm³/mol. The molecule has 0 radical (unpaired) electrons. The number of carbonyl (C=O) groups is 1. The van der Waals surface area contributed by atoms with Crippen LogP contribution in [0.15, 0.2) is 48.7 Å². The molecule has 3 aromatic rings. The van der Waals surface area contributed by atoms with E-state index < -0.39 is 5.24 Å². The third-order valence-electron chi connectivity index (χ3n) is 4.67. The van der Waals surface area contributed by atoms with Gasteiger partial charge in [-0.2, -0.15) is 5.10 Å². The number of piperidine rings is 1. The Kier molecular flexibility index (Phi) is 4.08. The molecule has 1 N–H and O–H groups in total. The molecule has 24 heavy (non-hydrogen) atoms. The Morgan fingerprint density at radius 3 is 2.75 bits per heavy atom. The topological polar surface area (TPSA) is 46.9 Å². The van der Waals surface area contributed by atoms with Gasteiger partial charge in [-0.15, -0.1) is 0 Å². The summed E-state index contributed by atoms with van der Waals surface area (Å²) in [5.41, 5.74) is 3.42. The molecule has 0 unspecified atom stereocenters. The SMILES string of the molecule is O=C(Cl)c1cccc2cn(-c3ccc([C@@H]4CCCNC4)cc3)nc12. The molecule has 0 bridgehead atoms. The van der Waals surface area contributed by atoms with Crippen LogP contribution in [-0.2, 0) is 0 Å². The molecule has 4 nitrogen and oxygen atoms in total. The van der Waals surface area contributed by atoms with Crippen LogP contribution in [0.3, 0.4) is 0 Å². The van der Waals surface area contributed by atoms with Crippen molar-refractivity contribution in [1.29, 1.82) is 0 Å². The van der Waals surface area contributed by atoms with Gasteiger partial charge in [0.05, 0.1) is 11.3 Å². The lowest BCUT2D eigenvalue weighted by Crippen LogP contribution is -2.28. The summed E-state index contributed by atoms with van der Waals surface area (Å²) < 4.78 is 1.80. The number of nitrogens with zero attached hydrogens (tertiary/aromatic N) is 2. The highest BCUT2D eigenvalue weighted by Crippen LogP contribution is 2.25. The maximum Gasteiger partial charge on any atom is 0.254 e. The van der Waals surface area contributed by atoms with Crippen molar-refractivity contribution in [3.8, 4) is 5.69 Å². The molecular weight excluding hydrogens is 322 g/mol. The molecule has 1 aliphatic rings. The maximum atomic E-state index is 11.5. The van der Waals surface area contributed by atoms with E-state index >= 15 is 0 Å². The van der Waals surface area contributed by atoms with Gasteiger partial charge in [-0.3, -0.25) is 4.79 Å². The Hall–Kier alpha value is -2.17. The van der Waals surface area contributed by atoms with Crippen LogP contribution in [0.4, 0.5) is 0 Å². The quantitative estimate of drug-likeness (QED) is 0.737. The molecule has 1 atom stereocenters. The largest absolute Gasteiger partial charge is 0.316 e. The van der Waals surface area contributed by atoms with Gasteiger partial charge < -0.3 is 5.32 Å². The molecule has 1 aromatic heterocycles. The summed E-state index contributed by atoms with van der Waals surface area (Å²) in [5, 5.41) is 8.42. The lowest BCUT2D eigenvalue weighted by molar-refractivity contribution is 0.108. The number of hydrogen-bond acceptors (Lipinski definition) is 3. The van der Waals surface area contributed by atoms with Crippen LogP contribution in [-0.4, -0.2) is 28.1 Å². The van der Waals surface area contributed by atoms with Gasteiger partial charge in [0.1, 0.15) is 5.52 Å². The number of carbonyl (C=O) groups excluding carboxylic acids is 1. The normalized spacial score (nSPS) is 18.0. The Labute approximate surface area is 145 Å². The summed E-state index contributed by atoms with van der Waals surface area (Å²) in [5.74, 6) is 0.588. The van der Waals surface area contributed by atoms with Crippen molar-refractivity contribution in [1.82, 2.24) is 15.1 Å². The van der Waals surface area contributed by atoms with E-state index in [1.165, 1.54) is 18.4 Å². The standard InChI is InChI=1S/C19H18ClN3O/c20-19(24)17-5-1-3-15-12-23(22-18(15)17)16-8-6-13(7-9-16)14-4-2-10-21-11-14/h1,3,5-9,12,14,21H,2,4,10-11H2/t14-/m1/s1. The lowest BCUT2D eigenvalue weighted by atomic mass is 9.92. The van der Waals surface area contributed by atoms with Crippen molar-refractivity contribution in [2.45, 2.75) is 18.8 Å². The highest BCUT2D eigenvalue weighted by molar-refractivity contribution is 6.68. The number of benzene rings is 2. The molecule has 1 saturated heterocycles. The van der Waals surface area contributed by atoms with E-state index in [4.69, 9.17) is 11.6 Å². The van der Waals surface area contributed by atoms with E-state index in [2.05, 4.69) is 34.7 Å². The van der Waals surface area contributed by atoms with Crippen molar-refractivity contribution in [2.75, 3.05) is 13.1 Å². The van der Waals surface area contributed by atoms with Crippen LogP contribution in [0.1, 0.15) is 34.7 Å². The smallest absolute Gasteiger partial charge is 0.254 e. The number of rotatable bonds is 3. The minimum atomic E-state index is -0.481. The number of fused-ring (bicyclic) bond motifs is 1. The van der Waals surface area contributed by atoms with Gasteiger partial charge in [-0.1, -0.05) is 24.3 Å². The summed E-state index contributed by atoms with van der Waals surface area (Å²) in [6.45, 7) is 2.17. The fraction of sp³-hybridized carbons (Fsp3) is 0.263. The third kappa shape index (κ3) is 2.83. The third-order valence-corrected chi connectivity index (χ3v) is 4.88. The van der Waals surface area contributed by atoms with Crippen LogP contribution in [0.5, 0.6) is 0 Å². The van der Waals surface area contributed by atoms with Gasteiger partial charge in [0.25, 0.3) is 5.24 Å². The van der Waals surface area contributed by atoms with E-state index in [0.717, 1.165) is 24.2 Å². The average molecular weight is 340 g/mol. The number of nitrogens with one attached hydrogen (secondary N) is 1. The van der Waals surface area contributed by atoms with Gasteiger partial charge in [0, 0.05) is 18.1 Å². The average Bonchev–Trinajstić information content (AvgIpc) is 3.06. The first-order chi connectivity index (χ1) is 11.7. The molecule has 1 aliphatic heterocycles. The summed E-state index contributed by atoms with van der Waals surface area (Å²) in [4.78, 5) is 11.5. The highest BCUT2D eigenvalue weighted by atomic mass is 35.5. The summed E-state index contributed by atoms with van der Waals surface area (Å²) >= 11 is 5.65. The molecule has 0 amide bonds. The molecule has 2 heterocycles. The molecule has 0 spiro atoms. The van der Waals surface area contributed by atoms with E-state index in [0.29, 0.717) is 17.0 Å². The highest BCUT2D eigenvalue weighted by Gasteiger charge is 2.15. The van der Waals surface area contributed by atoms with Crippen LogP contribution < -0.4 is 5.32 Å². The predicted octanol–water partition coefficient (Wildman–Crippen LogP) is 3.87. The fourth-order valence-electron chi connectivity index (χ4n) is 3.37. The first-order valence-electron chi connectivity index (χ1n) is 8.21. The van der Waals surface area contributed by atoms with Gasteiger partial charge in [0.15, 0.2) is 0 Å². The van der Waals surface area contributed by atoms with Crippen molar-refractivity contribution < 1.29 is 4.79 Å². The van der Waals surface area contributed by atoms with E-state index in [9.17, 15) is 4.79 Å². The van der Waals surface area contributed by atoms with Crippen LogP contribution in [0, 0.1) is 0 Å². The summed E-state index contributed by atoms with van der Waals surface area (Å²) in [7, 11) is 0. The first-order valence-corrected chi connectivity index (χ1v) is 8.59. The Morgan fingerprint density at radius 2 is 2.04 bits per heavy atom. The number of hydrogen-bond donors (Lipinski definition) is 1. The maximum absolute atomic E-state index is 11.5. The molecule has 1 fully saturated rings. The number of halogens is 1. The van der Waals surface area contributed by atoms with Crippen LogP contribution in [0.25, 0.3) is 16.6 Å². The zero-order valence-electron chi connectivity index (χ0n) is 13.2. The molecule has 122 valence electrons. The molecule has 0 aliphatic carbocycles. The Morgan fingerprint density at radius 1 is 1.21 bits per heavy atom. The second-order valence-corrected chi connectivity index (χ2v) is 6.57. The zero-order chi connectivity index (χ0) is 16.5. The van der Waals surface area contributed by atoms with Crippen molar-refractivity contribution >= 4 is 27.7 Å². The van der Waals surface area contributed by atoms with Crippen LogP contribution >= 0.6 is 11.6 Å². The van der Waals surface area contributed by atoms with E-state index in [-0.39, 0.29) is 0 Å². The molecular formula is C19H18ClN3O. The molecule has 4 rings (SSSR count). The lowest BCUT2D eigenvalue weighted by Gasteiger charge is -2.23. The van der Waals surface area contributed by atoms with Gasteiger partial charge in [0.2, 0.25) is 0 Å². The fourth-order valence-corrected chi connectivity index (χ4v) is 3.52. The Bertz CT molecular complexity index is 879. The summed E-state index contributed by atoms with van der Waals surface area (Å²) in [6.07, 6.45) is 4.39. The van der Waals surface area contributed by atoms with Crippen molar-refractivity contribution in [3.63, 3.8) is 0 Å². The van der Waals surface area contributed by atoms with Gasteiger partial charge in [-0.25, -0.2) is 4.68 Å². The second kappa shape index (κ2) is 6.38. The van der Waals surface area contributed by atoms with E-state index in [1.54, 1.807) is 10.7 Å². The molecule has 0 saturated carbocycles. The van der Waals surface area contributed by atoms with E-state index in [1.807, 2.05) is 18.3 Å². The Balaban J connectivity index is 1.67. The van der Waals surface area contributed by atoms with Gasteiger partial charge in [-0.05, 0) is 60.7 Å². The van der Waals surface area contributed by atoms with Crippen molar-refractivity contribution in [2.24, 2.45) is 0 Å². The zero-order valence-corrected chi connectivity index (χ0v) is 14.0. The van der Waals surface area contributed by atoms with Crippen molar-refractivity contribution in [3.05, 3.63) is 59.8 Å². The second-order valence-electron chi connectivity index (χ2n) is 6.23. The monoisotopic (exact) mass is 339 g/mol. The minimum Gasteiger partial charge on any atom is -0.316 e. The first kappa shape index (κ1) is 15.4. The number of aromatic nitrogens is 2. The summed E-state index contributed by atoms with van der Waals surface area (Å²) in [6, 6.07) is 14.0. The molecule has 2 aromatic carbocycles.